The maximum Gasteiger partial charge on any atom is 0.261 e. The molecule has 31 heavy (non-hydrogen) atoms. The number of hydrogen-bond donors (Lipinski definition) is 2. The predicted molar refractivity (Wildman–Crippen MR) is 124 cm³/mol. The Hall–Kier alpha value is -3.10. The molecule has 0 fully saturated rings. The van der Waals surface area contributed by atoms with Crippen LogP contribution in [0.5, 0.6) is 0 Å². The van der Waals surface area contributed by atoms with Crippen LogP contribution in [0.4, 0.5) is 10.1 Å². The van der Waals surface area contributed by atoms with Gasteiger partial charge in [-0.2, -0.15) is 0 Å². The van der Waals surface area contributed by atoms with Crippen LogP contribution in [0.3, 0.4) is 0 Å². The lowest BCUT2D eigenvalue weighted by Gasteiger charge is -2.06. The molecule has 2 aromatic carbocycles. The van der Waals surface area contributed by atoms with Crippen molar-refractivity contribution in [1.82, 2.24) is 9.88 Å². The third-order valence-corrected chi connectivity index (χ3v) is 6.51. The second-order valence-corrected chi connectivity index (χ2v) is 8.75. The Labute approximate surface area is 187 Å². The van der Waals surface area contributed by atoms with Gasteiger partial charge in [-0.15, -0.1) is 23.1 Å². The highest BCUT2D eigenvalue weighted by Crippen LogP contribution is 2.30. The second-order valence-electron chi connectivity index (χ2n) is 6.78. The van der Waals surface area contributed by atoms with Crippen molar-refractivity contribution in [3.8, 4) is 0 Å². The summed E-state index contributed by atoms with van der Waals surface area (Å²) < 4.78 is 15.4. The number of nitrogens with zero attached hydrogens (tertiary/aromatic N) is 1. The van der Waals surface area contributed by atoms with Crippen LogP contribution in [-0.4, -0.2) is 28.7 Å². The number of thioether (sulfide) groups is 1. The third-order valence-electron chi connectivity index (χ3n) is 4.60. The van der Waals surface area contributed by atoms with Crippen LogP contribution in [0.25, 0.3) is 10.9 Å². The van der Waals surface area contributed by atoms with Crippen LogP contribution in [-0.2, 0) is 11.3 Å². The van der Waals surface area contributed by atoms with Crippen molar-refractivity contribution in [1.29, 1.82) is 0 Å². The van der Waals surface area contributed by atoms with Crippen molar-refractivity contribution in [2.45, 2.75) is 11.4 Å². The number of anilines is 1. The van der Waals surface area contributed by atoms with Crippen LogP contribution in [0.1, 0.15) is 9.67 Å². The minimum Gasteiger partial charge on any atom is -0.350 e. The molecule has 0 spiro atoms. The van der Waals surface area contributed by atoms with Crippen molar-refractivity contribution >= 4 is 51.5 Å². The lowest BCUT2D eigenvalue weighted by atomic mass is 10.2. The summed E-state index contributed by atoms with van der Waals surface area (Å²) in [6.07, 6.45) is 2.00. The Kier molecular flexibility index (Phi) is 6.69. The van der Waals surface area contributed by atoms with Gasteiger partial charge in [-0.1, -0.05) is 30.3 Å². The van der Waals surface area contributed by atoms with Crippen molar-refractivity contribution in [3.63, 3.8) is 0 Å². The van der Waals surface area contributed by atoms with Gasteiger partial charge in [0.05, 0.1) is 10.6 Å². The number of thiophene rings is 1. The summed E-state index contributed by atoms with van der Waals surface area (Å²) in [5.74, 6) is -0.454. The van der Waals surface area contributed by atoms with E-state index in [4.69, 9.17) is 0 Å². The third kappa shape index (κ3) is 5.34. The summed E-state index contributed by atoms with van der Waals surface area (Å²) in [6, 6.07) is 17.5. The molecule has 0 aliphatic rings. The highest BCUT2D eigenvalue weighted by Gasteiger charge is 2.12. The topological polar surface area (TPSA) is 63.1 Å². The van der Waals surface area contributed by atoms with Gasteiger partial charge in [-0.25, -0.2) is 4.39 Å². The van der Waals surface area contributed by atoms with Crippen LogP contribution in [0.2, 0.25) is 0 Å². The molecule has 0 bridgehead atoms. The maximum absolute atomic E-state index is 13.3. The smallest absolute Gasteiger partial charge is 0.261 e. The van der Waals surface area contributed by atoms with E-state index in [9.17, 15) is 14.0 Å². The molecule has 8 heteroatoms. The molecule has 158 valence electrons. The van der Waals surface area contributed by atoms with Gasteiger partial charge < -0.3 is 15.2 Å². The van der Waals surface area contributed by atoms with Crippen molar-refractivity contribution in [2.24, 2.45) is 0 Å². The number of aromatic nitrogens is 1. The summed E-state index contributed by atoms with van der Waals surface area (Å²) in [6.45, 7) is 1.12. The molecule has 0 saturated heterocycles. The molecular weight excluding hydrogens is 433 g/mol. The molecule has 0 unspecified atom stereocenters. The van der Waals surface area contributed by atoms with Crippen molar-refractivity contribution in [2.75, 3.05) is 17.6 Å². The molecule has 4 aromatic rings. The zero-order chi connectivity index (χ0) is 21.6. The Morgan fingerprint density at radius 3 is 2.74 bits per heavy atom. The summed E-state index contributed by atoms with van der Waals surface area (Å²) >= 11 is 2.84. The maximum atomic E-state index is 13.3. The van der Waals surface area contributed by atoms with Crippen LogP contribution in [0.15, 0.2) is 77.1 Å². The van der Waals surface area contributed by atoms with E-state index in [1.807, 2.05) is 41.9 Å². The van der Waals surface area contributed by atoms with E-state index < -0.39 is 0 Å². The fourth-order valence-electron chi connectivity index (χ4n) is 3.20. The van der Waals surface area contributed by atoms with E-state index >= 15 is 0 Å². The lowest BCUT2D eigenvalue weighted by Crippen LogP contribution is -2.26. The minimum absolute atomic E-state index is 0.0740. The largest absolute Gasteiger partial charge is 0.350 e. The summed E-state index contributed by atoms with van der Waals surface area (Å²) in [4.78, 5) is 26.1. The Bertz CT molecular complexity index is 1200. The number of rotatable bonds is 8. The first-order valence-corrected chi connectivity index (χ1v) is 11.5. The molecule has 2 N–H and O–H groups in total. The van der Waals surface area contributed by atoms with Gasteiger partial charge in [0.1, 0.15) is 5.82 Å². The highest BCUT2D eigenvalue weighted by molar-refractivity contribution is 8.00. The van der Waals surface area contributed by atoms with Gasteiger partial charge in [0.25, 0.3) is 5.91 Å². The summed E-state index contributed by atoms with van der Waals surface area (Å²) in [7, 11) is 0. The minimum atomic E-state index is -0.389. The monoisotopic (exact) mass is 453 g/mol. The number of amides is 2. The molecule has 2 amide bonds. The molecule has 5 nitrogen and oxygen atoms in total. The van der Waals surface area contributed by atoms with E-state index in [-0.39, 0.29) is 23.4 Å². The average molecular weight is 454 g/mol. The first-order valence-electron chi connectivity index (χ1n) is 9.68. The standard InChI is InChI=1S/C23H20FN3O2S2/c24-16-5-3-6-17(13-16)26-22(28)15-31-21-14-27(19-8-2-1-7-18(19)21)11-10-25-23(29)20-9-4-12-30-20/h1-9,12-14H,10-11,15H2,(H,25,29)(H,26,28). The number of nitrogens with one attached hydrogen (secondary N) is 2. The number of carbonyl (C=O) groups is 2. The zero-order valence-electron chi connectivity index (χ0n) is 16.5. The molecule has 2 aromatic heterocycles. The fraction of sp³-hybridized carbons (Fsp3) is 0.130. The van der Waals surface area contributed by atoms with Crippen LogP contribution >= 0.6 is 23.1 Å². The van der Waals surface area contributed by atoms with Crippen LogP contribution in [0, 0.1) is 5.82 Å². The molecule has 4 rings (SSSR count). The zero-order valence-corrected chi connectivity index (χ0v) is 18.1. The van der Waals surface area contributed by atoms with Crippen molar-refractivity contribution < 1.29 is 14.0 Å². The number of benzene rings is 2. The van der Waals surface area contributed by atoms with E-state index in [0.29, 0.717) is 23.7 Å². The molecule has 0 saturated carbocycles. The van der Waals surface area contributed by atoms with E-state index in [2.05, 4.69) is 15.2 Å². The first kappa shape index (κ1) is 21.1. The SMILES string of the molecule is O=C(CSc1cn(CCNC(=O)c2cccs2)c2ccccc12)Nc1cccc(F)c1. The number of hydrogen-bond acceptors (Lipinski definition) is 4. The summed E-state index contributed by atoms with van der Waals surface area (Å²) in [5, 5.41) is 8.58. The average Bonchev–Trinajstić information content (AvgIpc) is 3.41. The normalized spacial score (nSPS) is 10.9. The van der Waals surface area contributed by atoms with E-state index in [1.165, 1.54) is 35.2 Å². The summed E-state index contributed by atoms with van der Waals surface area (Å²) in [5.41, 5.74) is 1.48. The van der Waals surface area contributed by atoms with E-state index in [1.54, 1.807) is 18.2 Å². The van der Waals surface area contributed by atoms with Crippen LogP contribution < -0.4 is 10.6 Å². The van der Waals surface area contributed by atoms with Gasteiger partial charge in [0.2, 0.25) is 5.91 Å². The second kappa shape index (κ2) is 9.80. The Morgan fingerprint density at radius 1 is 1.06 bits per heavy atom. The Morgan fingerprint density at radius 2 is 1.94 bits per heavy atom. The first-order chi connectivity index (χ1) is 15.1. The quantitative estimate of drug-likeness (QED) is 0.369. The van der Waals surface area contributed by atoms with Gasteiger partial charge >= 0.3 is 0 Å². The van der Waals surface area contributed by atoms with Gasteiger partial charge in [-0.3, -0.25) is 9.59 Å². The molecule has 0 atom stereocenters. The predicted octanol–water partition coefficient (Wildman–Crippen LogP) is 5.00. The molecule has 2 heterocycles. The Balaban J connectivity index is 1.39. The number of para-hydroxylation sites is 1. The van der Waals surface area contributed by atoms with Gasteiger partial charge in [0, 0.05) is 40.8 Å². The highest BCUT2D eigenvalue weighted by atomic mass is 32.2. The molecule has 0 aliphatic carbocycles. The van der Waals surface area contributed by atoms with Crippen molar-refractivity contribution in [3.05, 3.63) is 82.9 Å². The number of carbonyl (C=O) groups excluding carboxylic acids is 2. The fourth-order valence-corrected chi connectivity index (χ4v) is 4.73. The number of halogens is 1. The molecule has 0 aliphatic heterocycles. The van der Waals surface area contributed by atoms with Gasteiger partial charge in [0.15, 0.2) is 0 Å². The molecule has 0 radical (unpaired) electrons. The van der Waals surface area contributed by atoms with Gasteiger partial charge in [-0.05, 0) is 35.7 Å². The lowest BCUT2D eigenvalue weighted by molar-refractivity contribution is -0.113. The van der Waals surface area contributed by atoms with E-state index in [0.717, 1.165) is 15.8 Å². The molecular formula is C23H20FN3O2S2. The number of fused-ring (bicyclic) bond motifs is 1.